The molecule has 0 unspecified atom stereocenters. The second-order valence-corrected chi connectivity index (χ2v) is 4.16. The Hall–Kier alpha value is -1.88. The second kappa shape index (κ2) is 3.81. The third-order valence-electron chi connectivity index (χ3n) is 2.89. The van der Waals surface area contributed by atoms with Crippen molar-refractivity contribution in [3.63, 3.8) is 0 Å². The van der Waals surface area contributed by atoms with Crippen LogP contribution in [0, 0.1) is 11.8 Å². The Morgan fingerprint density at radius 2 is 1.89 bits per heavy atom. The molecule has 3 nitrogen and oxygen atoms in total. The van der Waals surface area contributed by atoms with E-state index >= 15 is 0 Å². The number of halogens is 3. The molecule has 0 saturated heterocycles. The highest BCUT2D eigenvalue weighted by atomic mass is 35.5. The lowest BCUT2D eigenvalue weighted by Crippen LogP contribution is -2.12. The van der Waals surface area contributed by atoms with Crippen molar-refractivity contribution in [2.45, 2.75) is 5.88 Å². The molecule has 0 saturated carbocycles. The lowest BCUT2D eigenvalue weighted by atomic mass is 10.2. The van der Waals surface area contributed by atoms with E-state index in [9.17, 15) is 13.6 Å². The van der Waals surface area contributed by atoms with Gasteiger partial charge in [0.2, 0.25) is 0 Å². The summed E-state index contributed by atoms with van der Waals surface area (Å²) in [6.45, 7) is 0. The van der Waals surface area contributed by atoms with E-state index < -0.39 is 17.3 Å². The molecule has 92 valence electrons. The van der Waals surface area contributed by atoms with Gasteiger partial charge in [-0.25, -0.2) is 4.39 Å². The van der Waals surface area contributed by atoms with Crippen molar-refractivity contribution in [1.29, 1.82) is 0 Å². The number of rotatable bonds is 1. The number of fused-ring (bicyclic) bond motifs is 3. The van der Waals surface area contributed by atoms with E-state index in [1.807, 2.05) is 0 Å². The predicted octanol–water partition coefficient (Wildman–Crippen LogP) is 2.80. The normalized spacial score (nSPS) is 11.5. The van der Waals surface area contributed by atoms with Crippen LogP contribution in [0.25, 0.3) is 16.6 Å². The smallest absolute Gasteiger partial charge is 0.272 e. The standard InChI is InChI=1S/C12H7ClF2N2O/c13-5-6-1-2-7-11(10(6)15)16-12(18)8-3-4-9(14)17(7)8/h1-4H,5H2,(H,16,18). The lowest BCUT2D eigenvalue weighted by molar-refractivity contribution is 0.577. The van der Waals surface area contributed by atoms with Gasteiger partial charge in [-0.2, -0.15) is 4.39 Å². The average Bonchev–Trinajstić information content (AvgIpc) is 2.74. The molecule has 0 aliphatic rings. The minimum absolute atomic E-state index is 0.0179. The van der Waals surface area contributed by atoms with Crippen molar-refractivity contribution in [3.8, 4) is 0 Å². The largest absolute Gasteiger partial charge is 0.316 e. The molecule has 6 heteroatoms. The number of nitrogens with one attached hydrogen (secondary N) is 1. The van der Waals surface area contributed by atoms with Gasteiger partial charge in [0.15, 0.2) is 11.8 Å². The van der Waals surface area contributed by atoms with Crippen LogP contribution in [0.1, 0.15) is 5.56 Å². The van der Waals surface area contributed by atoms with Crippen LogP contribution in [-0.2, 0) is 5.88 Å². The van der Waals surface area contributed by atoms with Crippen LogP contribution in [0.4, 0.5) is 8.78 Å². The van der Waals surface area contributed by atoms with Gasteiger partial charge < -0.3 is 4.98 Å². The van der Waals surface area contributed by atoms with Gasteiger partial charge in [0.05, 0.1) is 11.4 Å². The highest BCUT2D eigenvalue weighted by molar-refractivity contribution is 6.17. The summed E-state index contributed by atoms with van der Waals surface area (Å²) in [4.78, 5) is 14.1. The van der Waals surface area contributed by atoms with Gasteiger partial charge in [-0.05, 0) is 18.2 Å². The topological polar surface area (TPSA) is 37.3 Å². The summed E-state index contributed by atoms with van der Waals surface area (Å²) in [5.41, 5.74) is 0.0704. The molecule has 0 amide bonds. The second-order valence-electron chi connectivity index (χ2n) is 3.90. The van der Waals surface area contributed by atoms with Crippen molar-refractivity contribution >= 4 is 28.2 Å². The Morgan fingerprint density at radius 1 is 1.17 bits per heavy atom. The number of hydrogen-bond acceptors (Lipinski definition) is 1. The van der Waals surface area contributed by atoms with Crippen molar-refractivity contribution < 1.29 is 8.78 Å². The quantitative estimate of drug-likeness (QED) is 0.677. The van der Waals surface area contributed by atoms with Gasteiger partial charge >= 0.3 is 0 Å². The SMILES string of the molecule is O=c1[nH]c2c(F)c(CCl)ccc2n2c(F)ccc12. The zero-order chi connectivity index (χ0) is 12.9. The van der Waals surface area contributed by atoms with E-state index in [0.29, 0.717) is 0 Å². The van der Waals surface area contributed by atoms with Crippen LogP contribution in [0.15, 0.2) is 29.1 Å². The number of aromatic amines is 1. The van der Waals surface area contributed by atoms with E-state index in [-0.39, 0.29) is 28.0 Å². The number of aromatic nitrogens is 2. The van der Waals surface area contributed by atoms with E-state index in [4.69, 9.17) is 11.6 Å². The third-order valence-corrected chi connectivity index (χ3v) is 3.18. The first kappa shape index (κ1) is 11.2. The minimum Gasteiger partial charge on any atom is -0.316 e. The minimum atomic E-state index is -0.630. The van der Waals surface area contributed by atoms with Gasteiger partial charge in [-0.1, -0.05) is 6.07 Å². The number of hydrogen-bond donors (Lipinski definition) is 1. The van der Waals surface area contributed by atoms with Crippen molar-refractivity contribution in [3.05, 3.63) is 51.9 Å². The first-order valence-corrected chi connectivity index (χ1v) is 5.73. The van der Waals surface area contributed by atoms with Crippen molar-refractivity contribution in [1.82, 2.24) is 9.38 Å². The number of H-pyrrole nitrogens is 1. The van der Waals surface area contributed by atoms with E-state index in [0.717, 1.165) is 10.5 Å². The summed E-state index contributed by atoms with van der Waals surface area (Å²) in [7, 11) is 0. The van der Waals surface area contributed by atoms with Crippen LogP contribution in [-0.4, -0.2) is 9.38 Å². The maximum absolute atomic E-state index is 14.0. The molecule has 3 aromatic rings. The molecular weight excluding hydrogens is 262 g/mol. The fourth-order valence-corrected chi connectivity index (χ4v) is 2.24. The molecule has 1 N–H and O–H groups in total. The van der Waals surface area contributed by atoms with Gasteiger partial charge in [0.25, 0.3) is 5.56 Å². The van der Waals surface area contributed by atoms with Crippen LogP contribution in [0.3, 0.4) is 0 Å². The third kappa shape index (κ3) is 1.37. The van der Waals surface area contributed by atoms with Crippen molar-refractivity contribution in [2.75, 3.05) is 0 Å². The molecule has 0 aliphatic heterocycles. The predicted molar refractivity (Wildman–Crippen MR) is 65.0 cm³/mol. The highest BCUT2D eigenvalue weighted by Gasteiger charge is 2.13. The molecule has 0 aliphatic carbocycles. The molecule has 2 aromatic heterocycles. The van der Waals surface area contributed by atoms with Gasteiger partial charge in [0, 0.05) is 5.56 Å². The van der Waals surface area contributed by atoms with Crippen LogP contribution < -0.4 is 5.56 Å². The summed E-state index contributed by atoms with van der Waals surface area (Å²) in [5.74, 6) is -1.26. The van der Waals surface area contributed by atoms with Gasteiger partial charge in [0.1, 0.15) is 11.0 Å². The Kier molecular flexibility index (Phi) is 2.38. The number of alkyl halides is 1. The number of nitrogens with zero attached hydrogens (tertiary/aromatic N) is 1. The van der Waals surface area contributed by atoms with Crippen LogP contribution in [0.2, 0.25) is 0 Å². The Labute approximate surface area is 105 Å². The summed E-state index contributed by atoms with van der Waals surface area (Å²) in [6, 6.07) is 5.52. The van der Waals surface area contributed by atoms with Gasteiger partial charge in [-0.3, -0.25) is 9.20 Å². The van der Waals surface area contributed by atoms with E-state index in [2.05, 4.69) is 4.98 Å². The Morgan fingerprint density at radius 3 is 2.61 bits per heavy atom. The fraction of sp³-hybridized carbons (Fsp3) is 0.0833. The molecule has 18 heavy (non-hydrogen) atoms. The number of benzene rings is 1. The van der Waals surface area contributed by atoms with Crippen LogP contribution >= 0.6 is 11.6 Å². The molecular formula is C12H7ClF2N2O. The van der Waals surface area contributed by atoms with E-state index in [1.54, 1.807) is 0 Å². The first-order chi connectivity index (χ1) is 8.63. The summed E-state index contributed by atoms with van der Waals surface area (Å²) in [6.07, 6.45) is 0. The van der Waals surface area contributed by atoms with Crippen molar-refractivity contribution in [2.24, 2.45) is 0 Å². The molecule has 0 spiro atoms. The molecule has 0 atom stereocenters. The van der Waals surface area contributed by atoms with Gasteiger partial charge in [-0.15, -0.1) is 11.6 Å². The zero-order valence-corrected chi connectivity index (χ0v) is 9.76. The zero-order valence-electron chi connectivity index (χ0n) is 9.01. The highest BCUT2D eigenvalue weighted by Crippen LogP contribution is 2.21. The average molecular weight is 269 g/mol. The Bertz CT molecular complexity index is 822. The molecule has 2 heterocycles. The molecule has 3 rings (SSSR count). The van der Waals surface area contributed by atoms with Crippen LogP contribution in [0.5, 0.6) is 0 Å². The monoisotopic (exact) mass is 268 g/mol. The molecule has 0 radical (unpaired) electrons. The molecule has 0 fully saturated rings. The lowest BCUT2D eigenvalue weighted by Gasteiger charge is -2.06. The fourth-order valence-electron chi connectivity index (χ4n) is 2.03. The summed E-state index contributed by atoms with van der Waals surface area (Å²) < 4.78 is 28.7. The maximum Gasteiger partial charge on any atom is 0.272 e. The summed E-state index contributed by atoms with van der Waals surface area (Å²) in [5, 5.41) is 0. The summed E-state index contributed by atoms with van der Waals surface area (Å²) >= 11 is 5.59. The maximum atomic E-state index is 14.0. The van der Waals surface area contributed by atoms with E-state index in [1.165, 1.54) is 18.2 Å². The Balaban J connectivity index is 2.61. The molecule has 0 bridgehead atoms. The molecule has 1 aromatic carbocycles. The first-order valence-electron chi connectivity index (χ1n) is 5.20.